The summed E-state index contributed by atoms with van der Waals surface area (Å²) in [5.74, 6) is 1.82. The fraction of sp³-hybridized carbons (Fsp3) is 0.304. The number of aromatic nitrogens is 2. The van der Waals surface area contributed by atoms with Crippen molar-refractivity contribution in [2.75, 3.05) is 29.1 Å². The second-order valence-electron chi connectivity index (χ2n) is 7.90. The van der Waals surface area contributed by atoms with Gasteiger partial charge in [-0.15, -0.1) is 0 Å². The third kappa shape index (κ3) is 4.29. The average Bonchev–Trinajstić information content (AvgIpc) is 3.15. The Morgan fingerprint density at radius 3 is 2.68 bits per heavy atom. The van der Waals surface area contributed by atoms with E-state index in [9.17, 15) is 8.60 Å². The molecule has 3 heterocycles. The number of rotatable bonds is 4. The summed E-state index contributed by atoms with van der Waals surface area (Å²) in [5.41, 5.74) is 2.67. The van der Waals surface area contributed by atoms with Gasteiger partial charge in [-0.2, -0.15) is 4.98 Å². The molecule has 1 fully saturated rings. The Morgan fingerprint density at radius 2 is 1.90 bits per heavy atom. The van der Waals surface area contributed by atoms with Gasteiger partial charge in [0.05, 0.1) is 16.5 Å². The number of halogens is 2. The third-order valence-corrected chi connectivity index (χ3v) is 7.56. The molecule has 2 aliphatic rings. The Labute approximate surface area is 188 Å². The van der Waals surface area contributed by atoms with Crippen LogP contribution in [0, 0.1) is 5.82 Å². The molecule has 31 heavy (non-hydrogen) atoms. The number of nitrogens with one attached hydrogen (secondary N) is 1. The summed E-state index contributed by atoms with van der Waals surface area (Å²) in [6.45, 7) is 1.66. The largest absolute Gasteiger partial charge is 0.341 e. The number of nitrogens with zero attached hydrogens (tertiary/aromatic N) is 3. The number of anilines is 3. The molecule has 0 saturated carbocycles. The van der Waals surface area contributed by atoms with E-state index in [0.29, 0.717) is 40.4 Å². The number of hydrogen-bond donors (Lipinski definition) is 1. The molecule has 8 heteroatoms. The fourth-order valence-electron chi connectivity index (χ4n) is 4.29. The van der Waals surface area contributed by atoms with Crippen LogP contribution in [-0.4, -0.2) is 33.0 Å². The molecule has 1 aromatic heterocycles. The van der Waals surface area contributed by atoms with Gasteiger partial charge < -0.3 is 10.2 Å². The molecule has 5 nitrogen and oxygen atoms in total. The van der Waals surface area contributed by atoms with E-state index < -0.39 is 10.8 Å². The van der Waals surface area contributed by atoms with Crippen molar-refractivity contribution in [3.63, 3.8) is 0 Å². The first-order valence-corrected chi connectivity index (χ1v) is 12.1. The van der Waals surface area contributed by atoms with Crippen LogP contribution in [0.25, 0.3) is 0 Å². The van der Waals surface area contributed by atoms with Gasteiger partial charge in [-0.25, -0.2) is 9.37 Å². The second kappa shape index (κ2) is 8.55. The van der Waals surface area contributed by atoms with Crippen molar-refractivity contribution in [2.24, 2.45) is 0 Å². The van der Waals surface area contributed by atoms with Crippen LogP contribution in [-0.2, 0) is 17.2 Å². The van der Waals surface area contributed by atoms with Crippen LogP contribution < -0.4 is 10.2 Å². The van der Waals surface area contributed by atoms with Crippen molar-refractivity contribution in [2.45, 2.75) is 30.1 Å². The molecule has 1 N–H and O–H groups in total. The van der Waals surface area contributed by atoms with Crippen LogP contribution >= 0.6 is 11.6 Å². The molecule has 1 atom stereocenters. The molecule has 5 rings (SSSR count). The van der Waals surface area contributed by atoms with Crippen molar-refractivity contribution < 1.29 is 8.60 Å². The van der Waals surface area contributed by atoms with Crippen LogP contribution in [0.2, 0.25) is 5.02 Å². The molecular formula is C23H22ClFN4OS. The normalized spacial score (nSPS) is 18.8. The summed E-state index contributed by atoms with van der Waals surface area (Å²) in [4.78, 5) is 12.3. The first kappa shape index (κ1) is 20.4. The molecule has 0 bridgehead atoms. The second-order valence-corrected chi connectivity index (χ2v) is 9.84. The Kier molecular flexibility index (Phi) is 5.63. The van der Waals surface area contributed by atoms with E-state index in [0.717, 1.165) is 36.6 Å². The number of benzene rings is 2. The van der Waals surface area contributed by atoms with Gasteiger partial charge in [0.1, 0.15) is 10.7 Å². The molecule has 160 valence electrons. The topological polar surface area (TPSA) is 58.1 Å². The van der Waals surface area contributed by atoms with Crippen molar-refractivity contribution in [3.05, 3.63) is 70.6 Å². The molecule has 2 aromatic carbocycles. The average molecular weight is 457 g/mol. The van der Waals surface area contributed by atoms with Gasteiger partial charge in [-0.3, -0.25) is 4.21 Å². The number of piperidine rings is 1. The predicted molar refractivity (Wildman–Crippen MR) is 122 cm³/mol. The van der Waals surface area contributed by atoms with Gasteiger partial charge in [0.15, 0.2) is 5.82 Å². The zero-order chi connectivity index (χ0) is 21.4. The summed E-state index contributed by atoms with van der Waals surface area (Å²) in [6, 6.07) is 14.3. The van der Waals surface area contributed by atoms with Crippen molar-refractivity contribution >= 4 is 39.9 Å². The lowest BCUT2D eigenvalue weighted by atomic mass is 9.89. The molecule has 1 saturated heterocycles. The Hall–Kier alpha value is -2.51. The van der Waals surface area contributed by atoms with E-state index in [1.54, 1.807) is 12.1 Å². The summed E-state index contributed by atoms with van der Waals surface area (Å²) in [7, 11) is -1.15. The SMILES string of the molecule is O=S1CCc2nc(N3CCC(c4cccc(Cl)c4)CC3)nc(Nc3cccc(F)c3)c21. The van der Waals surface area contributed by atoms with E-state index in [1.807, 2.05) is 18.2 Å². The highest BCUT2D eigenvalue weighted by Crippen LogP contribution is 2.34. The van der Waals surface area contributed by atoms with Gasteiger partial charge in [-0.1, -0.05) is 29.8 Å². The van der Waals surface area contributed by atoms with Crippen LogP contribution in [0.1, 0.15) is 30.0 Å². The van der Waals surface area contributed by atoms with Crippen LogP contribution in [0.4, 0.5) is 21.8 Å². The van der Waals surface area contributed by atoms with Gasteiger partial charge in [0.25, 0.3) is 0 Å². The maximum Gasteiger partial charge on any atom is 0.227 e. The molecule has 0 spiro atoms. The van der Waals surface area contributed by atoms with Crippen LogP contribution in [0.15, 0.2) is 53.4 Å². The standard InChI is InChI=1S/C23H22ClFN4OS/c24-17-4-1-3-16(13-17)15-7-10-29(11-8-15)23-27-20-9-12-31(30)21(20)22(28-23)26-19-6-2-5-18(25)14-19/h1-6,13-15H,7-12H2,(H,26,27,28). The van der Waals surface area contributed by atoms with Gasteiger partial charge >= 0.3 is 0 Å². The van der Waals surface area contributed by atoms with Crippen molar-refractivity contribution in [1.29, 1.82) is 0 Å². The van der Waals surface area contributed by atoms with E-state index in [-0.39, 0.29) is 5.82 Å². The number of hydrogen-bond acceptors (Lipinski definition) is 5. The van der Waals surface area contributed by atoms with Gasteiger partial charge in [0.2, 0.25) is 5.95 Å². The van der Waals surface area contributed by atoms with Crippen molar-refractivity contribution in [1.82, 2.24) is 9.97 Å². The minimum atomic E-state index is -1.15. The summed E-state index contributed by atoms with van der Waals surface area (Å²) >= 11 is 6.16. The lowest BCUT2D eigenvalue weighted by Crippen LogP contribution is -2.34. The molecule has 2 aliphatic heterocycles. The monoisotopic (exact) mass is 456 g/mol. The zero-order valence-electron chi connectivity index (χ0n) is 16.9. The third-order valence-electron chi connectivity index (χ3n) is 5.86. The maximum absolute atomic E-state index is 13.6. The highest BCUT2D eigenvalue weighted by atomic mass is 35.5. The van der Waals surface area contributed by atoms with Crippen LogP contribution in [0.3, 0.4) is 0 Å². The highest BCUT2D eigenvalue weighted by Gasteiger charge is 2.29. The molecule has 1 unspecified atom stereocenters. The zero-order valence-corrected chi connectivity index (χ0v) is 18.4. The lowest BCUT2D eigenvalue weighted by Gasteiger charge is -2.32. The molecular weight excluding hydrogens is 435 g/mol. The van der Waals surface area contributed by atoms with E-state index >= 15 is 0 Å². The van der Waals surface area contributed by atoms with Gasteiger partial charge in [0, 0.05) is 36.0 Å². The van der Waals surface area contributed by atoms with E-state index in [2.05, 4.69) is 16.3 Å². The van der Waals surface area contributed by atoms with E-state index in [4.69, 9.17) is 21.6 Å². The fourth-order valence-corrected chi connectivity index (χ4v) is 5.79. The number of fused-ring (bicyclic) bond motifs is 1. The minimum absolute atomic E-state index is 0.333. The Balaban J connectivity index is 1.39. The van der Waals surface area contributed by atoms with Crippen LogP contribution in [0.5, 0.6) is 0 Å². The molecule has 0 amide bonds. The Bertz CT molecular complexity index is 1150. The molecule has 3 aromatic rings. The summed E-state index contributed by atoms with van der Waals surface area (Å²) in [6.07, 6.45) is 2.63. The first-order chi connectivity index (χ1) is 15.1. The maximum atomic E-state index is 13.6. The molecule has 0 radical (unpaired) electrons. The summed E-state index contributed by atoms with van der Waals surface area (Å²) < 4.78 is 26.2. The first-order valence-electron chi connectivity index (χ1n) is 10.4. The lowest BCUT2D eigenvalue weighted by molar-refractivity contribution is 0.499. The summed E-state index contributed by atoms with van der Waals surface area (Å²) in [5, 5.41) is 3.94. The van der Waals surface area contributed by atoms with E-state index in [1.165, 1.54) is 17.7 Å². The Morgan fingerprint density at radius 1 is 1.10 bits per heavy atom. The van der Waals surface area contributed by atoms with Crippen molar-refractivity contribution in [3.8, 4) is 0 Å². The predicted octanol–water partition coefficient (Wildman–Crippen LogP) is 5.06. The quantitative estimate of drug-likeness (QED) is 0.594. The highest BCUT2D eigenvalue weighted by molar-refractivity contribution is 7.85. The number of aryl methyl sites for hydroxylation is 1. The molecule has 0 aliphatic carbocycles. The smallest absolute Gasteiger partial charge is 0.227 e. The minimum Gasteiger partial charge on any atom is -0.341 e. The van der Waals surface area contributed by atoms with Gasteiger partial charge in [-0.05, 0) is 54.7 Å².